The van der Waals surface area contributed by atoms with E-state index in [1.54, 1.807) is 13.8 Å². The zero-order valence-electron chi connectivity index (χ0n) is 21.2. The lowest BCUT2D eigenvalue weighted by atomic mass is 9.91. The van der Waals surface area contributed by atoms with Crippen LogP contribution >= 0.6 is 0 Å². The number of carbonyl (C=O) groups excluding carboxylic acids is 4. The van der Waals surface area contributed by atoms with E-state index in [0.29, 0.717) is 22.5 Å². The van der Waals surface area contributed by atoms with Crippen LogP contribution in [-0.2, 0) is 19.1 Å². The summed E-state index contributed by atoms with van der Waals surface area (Å²) in [6.07, 6.45) is 0.288. The molecule has 198 valence electrons. The normalized spacial score (nSPS) is 19.1. The number of amides is 4. The first kappa shape index (κ1) is 26.5. The highest BCUT2D eigenvalue weighted by Crippen LogP contribution is 2.33. The smallest absolute Gasteiger partial charge is 0.338 e. The molecule has 2 heterocycles. The van der Waals surface area contributed by atoms with Gasteiger partial charge >= 0.3 is 24.0 Å². The van der Waals surface area contributed by atoms with Gasteiger partial charge in [0.15, 0.2) is 0 Å². The zero-order valence-corrected chi connectivity index (χ0v) is 21.2. The Balaban J connectivity index is 1.74. The summed E-state index contributed by atoms with van der Waals surface area (Å²) in [4.78, 5) is 51.3. The first-order valence-corrected chi connectivity index (χ1v) is 12.5. The molecule has 0 bridgehead atoms. The predicted molar refractivity (Wildman–Crippen MR) is 138 cm³/mol. The van der Waals surface area contributed by atoms with Gasteiger partial charge in [-0.25, -0.2) is 19.2 Å². The van der Waals surface area contributed by atoms with Crippen molar-refractivity contribution < 1.29 is 28.7 Å². The van der Waals surface area contributed by atoms with Crippen LogP contribution in [0.3, 0.4) is 0 Å². The molecule has 0 saturated carbocycles. The number of hydrogen-bond acceptors (Lipinski definition) is 6. The number of esters is 2. The maximum absolute atomic E-state index is 13.1. The zero-order chi connectivity index (χ0) is 27.1. The van der Waals surface area contributed by atoms with Crippen LogP contribution in [0.25, 0.3) is 0 Å². The summed E-state index contributed by atoms with van der Waals surface area (Å²) in [6, 6.07) is 15.8. The number of nitrogens with one attached hydrogen (secondary N) is 4. The summed E-state index contributed by atoms with van der Waals surface area (Å²) < 4.78 is 10.6. The molecule has 0 aromatic heterocycles. The molecule has 2 atom stereocenters. The highest BCUT2D eigenvalue weighted by molar-refractivity contribution is 5.96. The van der Waals surface area contributed by atoms with E-state index in [2.05, 4.69) is 21.3 Å². The molecule has 0 fully saturated rings. The Labute approximate surface area is 220 Å². The van der Waals surface area contributed by atoms with Crippen molar-refractivity contribution in [2.45, 2.75) is 38.8 Å². The molecule has 2 aliphatic heterocycles. The molecule has 38 heavy (non-hydrogen) atoms. The van der Waals surface area contributed by atoms with E-state index >= 15 is 0 Å². The van der Waals surface area contributed by atoms with Gasteiger partial charge in [-0.1, -0.05) is 60.7 Å². The Hall–Kier alpha value is -4.60. The van der Waals surface area contributed by atoms with Crippen LogP contribution in [0.1, 0.15) is 49.9 Å². The van der Waals surface area contributed by atoms with Crippen molar-refractivity contribution in [2.24, 2.45) is 0 Å². The summed E-state index contributed by atoms with van der Waals surface area (Å²) in [5.41, 5.74) is 2.65. The van der Waals surface area contributed by atoms with E-state index in [-0.39, 0.29) is 37.2 Å². The van der Waals surface area contributed by atoms with E-state index in [1.807, 2.05) is 60.7 Å². The Morgan fingerprint density at radius 2 is 1.03 bits per heavy atom. The first-order valence-electron chi connectivity index (χ1n) is 12.5. The summed E-state index contributed by atoms with van der Waals surface area (Å²) in [5.74, 6) is -1.14. The van der Waals surface area contributed by atoms with Gasteiger partial charge in [-0.15, -0.1) is 0 Å². The summed E-state index contributed by atoms with van der Waals surface area (Å²) in [6.45, 7) is 3.72. The average Bonchev–Trinajstić information content (AvgIpc) is 2.92. The van der Waals surface area contributed by atoms with Crippen LogP contribution in [0.5, 0.6) is 0 Å². The maximum Gasteiger partial charge on any atom is 0.338 e. The molecule has 0 saturated heterocycles. The third-order valence-corrected chi connectivity index (χ3v) is 6.19. The molecule has 2 aromatic rings. The summed E-state index contributed by atoms with van der Waals surface area (Å²) >= 11 is 0. The minimum Gasteiger partial charge on any atom is -0.463 e. The monoisotopic (exact) mass is 518 g/mol. The van der Waals surface area contributed by atoms with Crippen molar-refractivity contribution in [3.8, 4) is 0 Å². The minimum absolute atomic E-state index is 0.144. The van der Waals surface area contributed by atoms with Crippen molar-refractivity contribution in [2.75, 3.05) is 13.2 Å². The fourth-order valence-electron chi connectivity index (χ4n) is 4.57. The van der Waals surface area contributed by atoms with Gasteiger partial charge in [0, 0.05) is 11.4 Å². The van der Waals surface area contributed by atoms with Crippen molar-refractivity contribution in [3.63, 3.8) is 0 Å². The molecular weight excluding hydrogens is 488 g/mol. The highest BCUT2D eigenvalue weighted by atomic mass is 16.5. The molecule has 0 aliphatic carbocycles. The fraction of sp³-hybridized carbons (Fsp3) is 0.286. The number of carbonyl (C=O) groups is 4. The number of ether oxygens (including phenoxy) is 2. The van der Waals surface area contributed by atoms with Gasteiger partial charge < -0.3 is 30.7 Å². The van der Waals surface area contributed by atoms with Crippen LogP contribution in [0.15, 0.2) is 83.2 Å². The van der Waals surface area contributed by atoms with E-state index in [1.165, 1.54) is 0 Å². The standard InChI is InChI=1S/C28H30N4O6/c1-3-37-25(33)21-19(29-27(35)31-23(21)17-11-7-5-8-12-17)15-16-20-22(26(34)38-4-2)24(32-28(36)30-20)18-13-9-6-10-14-18/h5-14,23-24H,3-4,15-16H2,1-2H3,(H2,29,31,35)(H2,30,32,36). The second kappa shape index (κ2) is 12.1. The second-order valence-corrected chi connectivity index (χ2v) is 8.61. The number of urea groups is 2. The molecule has 10 nitrogen and oxygen atoms in total. The topological polar surface area (TPSA) is 135 Å². The van der Waals surface area contributed by atoms with Gasteiger partial charge in [-0.2, -0.15) is 0 Å². The SMILES string of the molecule is CCOC(=O)C1=C(CCC2=C(C(=O)OCC)C(c3ccccc3)NC(=O)N2)NC(=O)NC1c1ccccc1. The van der Waals surface area contributed by atoms with E-state index in [4.69, 9.17) is 9.47 Å². The molecule has 4 rings (SSSR count). The largest absolute Gasteiger partial charge is 0.463 e. The lowest BCUT2D eigenvalue weighted by Crippen LogP contribution is -2.47. The molecule has 10 heteroatoms. The van der Waals surface area contributed by atoms with E-state index in [0.717, 1.165) is 0 Å². The lowest BCUT2D eigenvalue weighted by molar-refractivity contribution is -0.140. The van der Waals surface area contributed by atoms with Crippen LogP contribution in [0.4, 0.5) is 9.59 Å². The van der Waals surface area contributed by atoms with Crippen LogP contribution in [0, 0.1) is 0 Å². The van der Waals surface area contributed by atoms with Crippen LogP contribution in [0.2, 0.25) is 0 Å². The lowest BCUT2D eigenvalue weighted by Gasteiger charge is -2.31. The Kier molecular flexibility index (Phi) is 8.42. The molecule has 0 spiro atoms. The van der Waals surface area contributed by atoms with Gasteiger partial charge in [0.1, 0.15) is 0 Å². The summed E-state index contributed by atoms with van der Waals surface area (Å²) in [5, 5.41) is 11.0. The Morgan fingerprint density at radius 3 is 1.37 bits per heavy atom. The molecule has 4 amide bonds. The van der Waals surface area contributed by atoms with Crippen LogP contribution in [-0.4, -0.2) is 37.2 Å². The van der Waals surface area contributed by atoms with Gasteiger partial charge in [0.2, 0.25) is 0 Å². The minimum atomic E-state index is -0.725. The van der Waals surface area contributed by atoms with E-state index in [9.17, 15) is 19.2 Å². The predicted octanol–water partition coefficient (Wildman–Crippen LogP) is 3.51. The number of rotatable bonds is 9. The van der Waals surface area contributed by atoms with Gasteiger partial charge in [-0.05, 0) is 37.8 Å². The molecular formula is C28H30N4O6. The van der Waals surface area contributed by atoms with Crippen molar-refractivity contribution in [3.05, 3.63) is 94.3 Å². The average molecular weight is 519 g/mol. The van der Waals surface area contributed by atoms with E-state index < -0.39 is 36.1 Å². The van der Waals surface area contributed by atoms with Gasteiger partial charge in [-0.3, -0.25) is 0 Å². The quantitative estimate of drug-likeness (QED) is 0.375. The third-order valence-electron chi connectivity index (χ3n) is 6.19. The second-order valence-electron chi connectivity index (χ2n) is 8.61. The first-order chi connectivity index (χ1) is 18.4. The Bertz CT molecular complexity index is 1170. The van der Waals surface area contributed by atoms with Gasteiger partial charge in [0.25, 0.3) is 0 Å². The van der Waals surface area contributed by atoms with Crippen LogP contribution < -0.4 is 21.3 Å². The van der Waals surface area contributed by atoms with Gasteiger partial charge in [0.05, 0.1) is 36.4 Å². The highest BCUT2D eigenvalue weighted by Gasteiger charge is 2.36. The molecule has 2 aliphatic rings. The number of hydrogen-bond donors (Lipinski definition) is 4. The molecule has 4 N–H and O–H groups in total. The molecule has 2 aromatic carbocycles. The van der Waals surface area contributed by atoms with Crippen molar-refractivity contribution >= 4 is 24.0 Å². The Morgan fingerprint density at radius 1 is 0.658 bits per heavy atom. The van der Waals surface area contributed by atoms with Crippen molar-refractivity contribution in [1.29, 1.82) is 0 Å². The number of benzene rings is 2. The molecule has 2 unspecified atom stereocenters. The number of allylic oxidation sites excluding steroid dienone is 2. The molecule has 0 radical (unpaired) electrons. The third kappa shape index (κ3) is 5.86. The maximum atomic E-state index is 13.1. The fourth-order valence-corrected chi connectivity index (χ4v) is 4.57. The summed E-state index contributed by atoms with van der Waals surface area (Å²) in [7, 11) is 0. The van der Waals surface area contributed by atoms with Crippen molar-refractivity contribution in [1.82, 2.24) is 21.3 Å².